The lowest BCUT2D eigenvalue weighted by molar-refractivity contribution is 0.0681. The van der Waals surface area contributed by atoms with Crippen LogP contribution in [0, 0.1) is 11.7 Å². The van der Waals surface area contributed by atoms with Gasteiger partial charge in [-0.15, -0.1) is 5.10 Å². The number of aryl methyl sites for hydroxylation is 1. The van der Waals surface area contributed by atoms with Gasteiger partial charge in [0.25, 0.3) is 0 Å². The number of carboxylic acids is 1. The highest BCUT2D eigenvalue weighted by atomic mass is 32.1. The first-order chi connectivity index (χ1) is 7.59. The summed E-state index contributed by atoms with van der Waals surface area (Å²) >= 11 is 5.00. The van der Waals surface area contributed by atoms with Gasteiger partial charge in [0, 0.05) is 0 Å². The van der Waals surface area contributed by atoms with Crippen molar-refractivity contribution in [2.45, 2.75) is 6.92 Å². The van der Waals surface area contributed by atoms with Crippen LogP contribution in [-0.4, -0.2) is 25.8 Å². The molecule has 2 aromatic rings. The fourth-order valence-corrected chi connectivity index (χ4v) is 1.68. The average molecular weight is 235 g/mol. The summed E-state index contributed by atoms with van der Waals surface area (Å²) in [5, 5.41) is 15.1. The van der Waals surface area contributed by atoms with Crippen LogP contribution in [0.4, 0.5) is 0 Å². The zero-order chi connectivity index (χ0) is 11.7. The smallest absolute Gasteiger partial charge is 0.374 e. The van der Waals surface area contributed by atoms with Gasteiger partial charge < -0.3 is 5.11 Å². The van der Waals surface area contributed by atoms with Crippen LogP contribution >= 0.6 is 12.2 Å². The molecule has 0 aliphatic heterocycles. The van der Waals surface area contributed by atoms with E-state index in [-0.39, 0.29) is 10.6 Å². The molecule has 0 aliphatic carbocycles. The lowest BCUT2D eigenvalue weighted by Crippen LogP contribution is -2.08. The Morgan fingerprint density at radius 1 is 1.56 bits per heavy atom. The number of nitrogens with zero attached hydrogens (tertiary/aromatic N) is 2. The molecule has 1 aromatic heterocycles. The van der Waals surface area contributed by atoms with Crippen LogP contribution in [-0.2, 0) is 0 Å². The predicted octanol–water partition coefficient (Wildman–Crippen LogP) is 1.94. The van der Waals surface area contributed by atoms with Crippen molar-refractivity contribution in [3.63, 3.8) is 0 Å². The van der Waals surface area contributed by atoms with Gasteiger partial charge in [-0.3, -0.25) is 9.67 Å². The molecular weight excluding hydrogens is 226 g/mol. The first kappa shape index (κ1) is 10.6. The normalized spacial score (nSPS) is 10.3. The molecule has 5 nitrogen and oxygen atoms in total. The molecule has 0 saturated carbocycles. The van der Waals surface area contributed by atoms with Gasteiger partial charge in [-0.25, -0.2) is 4.79 Å². The molecule has 16 heavy (non-hydrogen) atoms. The van der Waals surface area contributed by atoms with Gasteiger partial charge in [0.2, 0.25) is 5.82 Å². The summed E-state index contributed by atoms with van der Waals surface area (Å²) in [6.07, 6.45) is 0. The number of hydrogen-bond donors (Lipinski definition) is 2. The number of aromatic amines is 1. The topological polar surface area (TPSA) is 70.9 Å². The molecule has 1 aromatic carbocycles. The van der Waals surface area contributed by atoms with E-state index < -0.39 is 5.97 Å². The number of aromatic nitrogens is 3. The molecule has 0 radical (unpaired) electrons. The number of nitrogens with one attached hydrogen (secondary N) is 1. The van der Waals surface area contributed by atoms with E-state index in [4.69, 9.17) is 17.3 Å². The summed E-state index contributed by atoms with van der Waals surface area (Å²) in [7, 11) is 0. The lowest BCUT2D eigenvalue weighted by atomic mass is 10.2. The highest BCUT2D eigenvalue weighted by Gasteiger charge is 2.14. The van der Waals surface area contributed by atoms with Crippen LogP contribution < -0.4 is 0 Å². The van der Waals surface area contributed by atoms with Gasteiger partial charge in [0.15, 0.2) is 4.77 Å². The Hall–Kier alpha value is -1.95. The van der Waals surface area contributed by atoms with Crippen LogP contribution in [0.2, 0.25) is 0 Å². The molecule has 0 atom stereocenters. The minimum absolute atomic E-state index is 0.115. The van der Waals surface area contributed by atoms with Crippen molar-refractivity contribution in [1.29, 1.82) is 0 Å². The molecule has 82 valence electrons. The second-order valence-corrected chi connectivity index (χ2v) is 3.72. The van der Waals surface area contributed by atoms with Gasteiger partial charge >= 0.3 is 5.97 Å². The van der Waals surface area contributed by atoms with Crippen molar-refractivity contribution in [2.24, 2.45) is 0 Å². The molecule has 6 heteroatoms. The minimum atomic E-state index is -1.12. The molecule has 0 saturated heterocycles. The number of hydrogen-bond acceptors (Lipinski definition) is 3. The van der Waals surface area contributed by atoms with E-state index in [0.717, 1.165) is 5.56 Å². The van der Waals surface area contributed by atoms with Crippen molar-refractivity contribution < 1.29 is 9.90 Å². The maximum atomic E-state index is 10.9. The Labute approximate surface area is 96.4 Å². The molecular formula is C10H9N3O2S. The van der Waals surface area contributed by atoms with Crippen molar-refractivity contribution in [3.8, 4) is 5.69 Å². The third kappa shape index (κ3) is 1.74. The summed E-state index contributed by atoms with van der Waals surface area (Å²) in [6.45, 7) is 1.92. The number of H-pyrrole nitrogens is 1. The predicted molar refractivity (Wildman–Crippen MR) is 60.4 cm³/mol. The molecule has 0 aliphatic rings. The second-order valence-electron chi connectivity index (χ2n) is 3.33. The summed E-state index contributed by atoms with van der Waals surface area (Å²) < 4.78 is 1.66. The Morgan fingerprint density at radius 2 is 2.31 bits per heavy atom. The number of aromatic carboxylic acids is 1. The summed E-state index contributed by atoms with van der Waals surface area (Å²) in [6, 6.07) is 7.39. The zero-order valence-electron chi connectivity index (χ0n) is 8.47. The monoisotopic (exact) mass is 235 g/mol. The molecule has 0 amide bonds. The minimum Gasteiger partial charge on any atom is -0.475 e. The van der Waals surface area contributed by atoms with Gasteiger partial charge in [-0.1, -0.05) is 12.1 Å². The molecule has 2 N–H and O–H groups in total. The van der Waals surface area contributed by atoms with Gasteiger partial charge in [0.1, 0.15) is 0 Å². The van der Waals surface area contributed by atoms with Crippen molar-refractivity contribution >= 4 is 18.2 Å². The Morgan fingerprint density at radius 3 is 2.94 bits per heavy atom. The maximum Gasteiger partial charge on any atom is 0.374 e. The van der Waals surface area contributed by atoms with E-state index in [1.807, 2.05) is 25.1 Å². The quantitative estimate of drug-likeness (QED) is 0.780. The molecule has 0 bridgehead atoms. The van der Waals surface area contributed by atoms with E-state index in [1.165, 1.54) is 4.57 Å². The van der Waals surface area contributed by atoms with Crippen LogP contribution in [0.25, 0.3) is 5.69 Å². The van der Waals surface area contributed by atoms with Crippen LogP contribution in [0.1, 0.15) is 16.2 Å². The van der Waals surface area contributed by atoms with E-state index in [2.05, 4.69) is 10.2 Å². The fraction of sp³-hybridized carbons (Fsp3) is 0.100. The largest absolute Gasteiger partial charge is 0.475 e. The number of benzene rings is 1. The number of carbonyl (C=O) groups is 1. The van der Waals surface area contributed by atoms with Gasteiger partial charge in [-0.05, 0) is 36.8 Å². The van der Waals surface area contributed by atoms with Gasteiger partial charge in [-0.2, -0.15) is 0 Å². The average Bonchev–Trinajstić information content (AvgIpc) is 2.60. The third-order valence-electron chi connectivity index (χ3n) is 2.12. The number of rotatable bonds is 2. The van der Waals surface area contributed by atoms with Crippen LogP contribution in [0.15, 0.2) is 24.3 Å². The first-order valence-electron chi connectivity index (χ1n) is 4.57. The van der Waals surface area contributed by atoms with Crippen LogP contribution in [0.3, 0.4) is 0 Å². The Kier molecular flexibility index (Phi) is 2.57. The third-order valence-corrected chi connectivity index (χ3v) is 2.40. The summed E-state index contributed by atoms with van der Waals surface area (Å²) in [4.78, 5) is 10.9. The molecule has 1 heterocycles. The molecule has 0 unspecified atom stereocenters. The highest BCUT2D eigenvalue weighted by molar-refractivity contribution is 7.71. The van der Waals surface area contributed by atoms with Crippen molar-refractivity contribution in [2.75, 3.05) is 0 Å². The highest BCUT2D eigenvalue weighted by Crippen LogP contribution is 2.12. The zero-order valence-corrected chi connectivity index (χ0v) is 9.28. The Bertz CT molecular complexity index is 600. The van der Waals surface area contributed by atoms with Crippen LogP contribution in [0.5, 0.6) is 0 Å². The van der Waals surface area contributed by atoms with Crippen molar-refractivity contribution in [3.05, 3.63) is 40.4 Å². The van der Waals surface area contributed by atoms with E-state index in [1.54, 1.807) is 6.07 Å². The standard InChI is InChI=1S/C10H9N3O2S/c1-6-3-2-4-7(5-6)13-8(9(14)15)11-12-10(13)16/h2-5H,1H3,(H,12,16)(H,14,15). The SMILES string of the molecule is Cc1cccc(-n2c(C(=O)O)n[nH]c2=S)c1. The summed E-state index contributed by atoms with van der Waals surface area (Å²) in [5.74, 6) is -1.23. The number of carboxylic acid groups (broad SMARTS) is 1. The first-order valence-corrected chi connectivity index (χ1v) is 4.98. The fourth-order valence-electron chi connectivity index (χ4n) is 1.45. The van der Waals surface area contributed by atoms with Crippen molar-refractivity contribution in [1.82, 2.24) is 14.8 Å². The molecule has 2 rings (SSSR count). The van der Waals surface area contributed by atoms with Gasteiger partial charge in [0.05, 0.1) is 5.69 Å². The maximum absolute atomic E-state index is 10.9. The van der Waals surface area contributed by atoms with E-state index in [9.17, 15) is 4.79 Å². The molecule has 0 spiro atoms. The second kappa shape index (κ2) is 3.90. The Balaban J connectivity index is 2.68. The van der Waals surface area contributed by atoms with E-state index in [0.29, 0.717) is 5.69 Å². The molecule has 0 fully saturated rings. The summed E-state index contributed by atoms with van der Waals surface area (Å²) in [5.41, 5.74) is 1.72. The van der Waals surface area contributed by atoms with E-state index >= 15 is 0 Å². The lowest BCUT2D eigenvalue weighted by Gasteiger charge is -2.04.